The zero-order valence-corrected chi connectivity index (χ0v) is 12.5. The smallest absolute Gasteiger partial charge is 0.260 e. The minimum absolute atomic E-state index is 0.0314. The third kappa shape index (κ3) is 3.53. The second-order valence-electron chi connectivity index (χ2n) is 5.40. The average molecular weight is 294 g/mol. The van der Waals surface area contributed by atoms with E-state index >= 15 is 0 Å². The van der Waals surface area contributed by atoms with Gasteiger partial charge in [0.2, 0.25) is 0 Å². The predicted molar refractivity (Wildman–Crippen MR) is 79.9 cm³/mol. The summed E-state index contributed by atoms with van der Waals surface area (Å²) in [6.45, 7) is 1.09. The molecule has 0 saturated heterocycles. The van der Waals surface area contributed by atoms with Crippen molar-refractivity contribution < 1.29 is 13.9 Å². The van der Waals surface area contributed by atoms with Crippen molar-refractivity contribution in [2.75, 3.05) is 20.2 Å². The van der Waals surface area contributed by atoms with Crippen LogP contribution >= 0.6 is 0 Å². The normalized spacial score (nSPS) is 15.2. The van der Waals surface area contributed by atoms with E-state index in [4.69, 9.17) is 10.5 Å². The molecule has 0 aliphatic heterocycles. The van der Waals surface area contributed by atoms with Crippen molar-refractivity contribution in [2.45, 2.75) is 38.1 Å². The molecule has 1 aliphatic rings. The van der Waals surface area contributed by atoms with Crippen molar-refractivity contribution in [1.29, 1.82) is 0 Å². The molecule has 0 bridgehead atoms. The van der Waals surface area contributed by atoms with Gasteiger partial charge >= 0.3 is 0 Å². The predicted octanol–water partition coefficient (Wildman–Crippen LogP) is 2.57. The lowest BCUT2D eigenvalue weighted by Gasteiger charge is -2.29. The molecule has 5 heteroatoms. The monoisotopic (exact) mass is 294 g/mol. The Balaban J connectivity index is 2.28. The third-order valence-corrected chi connectivity index (χ3v) is 4.04. The minimum Gasteiger partial charge on any atom is -0.496 e. The highest BCUT2D eigenvalue weighted by Crippen LogP contribution is 2.28. The number of benzene rings is 1. The number of rotatable bonds is 6. The molecule has 0 radical (unpaired) electrons. The number of methoxy groups -OCH3 is 1. The van der Waals surface area contributed by atoms with Gasteiger partial charge in [-0.05, 0) is 37.9 Å². The van der Waals surface area contributed by atoms with Crippen molar-refractivity contribution >= 4 is 5.91 Å². The van der Waals surface area contributed by atoms with Gasteiger partial charge in [0.1, 0.15) is 17.1 Å². The van der Waals surface area contributed by atoms with Crippen LogP contribution in [-0.4, -0.2) is 37.0 Å². The fourth-order valence-corrected chi connectivity index (χ4v) is 2.95. The first-order chi connectivity index (χ1) is 10.2. The third-order valence-electron chi connectivity index (χ3n) is 4.04. The van der Waals surface area contributed by atoms with Gasteiger partial charge in [0.15, 0.2) is 0 Å². The number of carbonyl (C=O) groups excluding carboxylic acids is 1. The molecule has 0 spiro atoms. The Morgan fingerprint density at radius 3 is 2.76 bits per heavy atom. The molecular formula is C16H23FN2O2. The molecule has 1 fully saturated rings. The average Bonchev–Trinajstić information content (AvgIpc) is 3.01. The topological polar surface area (TPSA) is 55.6 Å². The van der Waals surface area contributed by atoms with Gasteiger partial charge in [-0.25, -0.2) is 4.39 Å². The molecule has 1 saturated carbocycles. The van der Waals surface area contributed by atoms with Crippen LogP contribution in [-0.2, 0) is 0 Å². The van der Waals surface area contributed by atoms with E-state index in [1.54, 1.807) is 17.0 Å². The van der Waals surface area contributed by atoms with Gasteiger partial charge in [-0.15, -0.1) is 0 Å². The number of nitrogens with zero attached hydrogens (tertiary/aromatic N) is 1. The van der Waals surface area contributed by atoms with E-state index in [1.807, 2.05) is 0 Å². The highest BCUT2D eigenvalue weighted by Gasteiger charge is 2.30. The largest absolute Gasteiger partial charge is 0.496 e. The molecule has 21 heavy (non-hydrogen) atoms. The zero-order valence-electron chi connectivity index (χ0n) is 12.5. The van der Waals surface area contributed by atoms with Crippen LogP contribution < -0.4 is 10.5 Å². The van der Waals surface area contributed by atoms with Crippen molar-refractivity contribution in [3.63, 3.8) is 0 Å². The fourth-order valence-electron chi connectivity index (χ4n) is 2.95. The molecule has 1 aromatic carbocycles. The lowest BCUT2D eigenvalue weighted by Crippen LogP contribution is -2.40. The first-order valence-electron chi connectivity index (χ1n) is 7.52. The van der Waals surface area contributed by atoms with Crippen LogP contribution in [0, 0.1) is 5.82 Å². The first-order valence-corrected chi connectivity index (χ1v) is 7.52. The number of amides is 1. The SMILES string of the molecule is COc1cccc(F)c1C(=O)N(CCCN)C1CCCC1. The van der Waals surface area contributed by atoms with Crippen LogP contribution in [0.25, 0.3) is 0 Å². The Hall–Kier alpha value is -1.62. The summed E-state index contributed by atoms with van der Waals surface area (Å²) in [5.74, 6) is -0.531. The van der Waals surface area contributed by atoms with E-state index < -0.39 is 5.82 Å². The maximum Gasteiger partial charge on any atom is 0.260 e. The van der Waals surface area contributed by atoms with E-state index in [-0.39, 0.29) is 23.3 Å². The Morgan fingerprint density at radius 2 is 2.14 bits per heavy atom. The Morgan fingerprint density at radius 1 is 1.43 bits per heavy atom. The Labute approximate surface area is 125 Å². The number of hydrogen-bond acceptors (Lipinski definition) is 3. The molecule has 0 heterocycles. The molecule has 4 nitrogen and oxygen atoms in total. The number of ether oxygens (including phenoxy) is 1. The van der Waals surface area contributed by atoms with Gasteiger partial charge in [0.05, 0.1) is 7.11 Å². The molecule has 0 unspecified atom stereocenters. The summed E-state index contributed by atoms with van der Waals surface area (Å²) in [6, 6.07) is 4.65. The lowest BCUT2D eigenvalue weighted by molar-refractivity contribution is 0.0672. The maximum absolute atomic E-state index is 14.1. The van der Waals surface area contributed by atoms with Gasteiger partial charge in [-0.3, -0.25) is 4.79 Å². The number of hydrogen-bond donors (Lipinski definition) is 1. The van der Waals surface area contributed by atoms with E-state index in [0.717, 1.165) is 32.1 Å². The van der Waals surface area contributed by atoms with Crippen molar-refractivity contribution in [1.82, 2.24) is 4.90 Å². The summed E-state index contributed by atoms with van der Waals surface area (Å²) >= 11 is 0. The second-order valence-corrected chi connectivity index (χ2v) is 5.40. The molecular weight excluding hydrogens is 271 g/mol. The Bertz CT molecular complexity index is 487. The molecule has 0 aromatic heterocycles. The molecule has 2 rings (SSSR count). The van der Waals surface area contributed by atoms with E-state index in [0.29, 0.717) is 13.1 Å². The summed E-state index contributed by atoms with van der Waals surface area (Å²) in [4.78, 5) is 14.6. The Kier molecular flexibility index (Phi) is 5.56. The van der Waals surface area contributed by atoms with Crippen LogP contribution in [0.4, 0.5) is 4.39 Å². The summed E-state index contributed by atoms with van der Waals surface area (Å²) in [5.41, 5.74) is 5.59. The van der Waals surface area contributed by atoms with Crippen molar-refractivity contribution in [3.05, 3.63) is 29.6 Å². The van der Waals surface area contributed by atoms with Crippen LogP contribution in [0.3, 0.4) is 0 Å². The fraction of sp³-hybridized carbons (Fsp3) is 0.562. The van der Waals surface area contributed by atoms with Crippen molar-refractivity contribution in [3.8, 4) is 5.75 Å². The van der Waals surface area contributed by atoms with E-state index in [9.17, 15) is 9.18 Å². The van der Waals surface area contributed by atoms with Gasteiger partial charge in [0, 0.05) is 12.6 Å². The zero-order chi connectivity index (χ0) is 15.2. The summed E-state index contributed by atoms with van der Waals surface area (Å²) in [5, 5.41) is 0. The lowest BCUT2D eigenvalue weighted by atomic mass is 10.1. The molecule has 2 N–H and O–H groups in total. The van der Waals surface area contributed by atoms with E-state index in [1.165, 1.54) is 13.2 Å². The quantitative estimate of drug-likeness (QED) is 0.877. The summed E-state index contributed by atoms with van der Waals surface area (Å²) in [6.07, 6.45) is 4.91. The van der Waals surface area contributed by atoms with Gasteiger partial charge in [-0.1, -0.05) is 18.9 Å². The minimum atomic E-state index is -0.532. The standard InChI is InChI=1S/C16H23FN2O2/c1-21-14-9-4-8-13(17)15(14)16(20)19(11-5-10-18)12-6-2-3-7-12/h4,8-9,12H,2-3,5-7,10-11,18H2,1H3. The highest BCUT2D eigenvalue weighted by molar-refractivity contribution is 5.97. The number of halogens is 1. The number of carbonyl (C=O) groups is 1. The summed E-state index contributed by atoms with van der Waals surface area (Å²) in [7, 11) is 1.45. The van der Waals surface area contributed by atoms with E-state index in [2.05, 4.69) is 0 Å². The first kappa shape index (κ1) is 15.8. The van der Waals surface area contributed by atoms with Gasteiger partial charge in [0.25, 0.3) is 5.91 Å². The summed E-state index contributed by atoms with van der Waals surface area (Å²) < 4.78 is 19.3. The highest BCUT2D eigenvalue weighted by atomic mass is 19.1. The van der Waals surface area contributed by atoms with Gasteiger partial charge < -0.3 is 15.4 Å². The van der Waals surface area contributed by atoms with Crippen molar-refractivity contribution in [2.24, 2.45) is 5.73 Å². The van der Waals surface area contributed by atoms with Gasteiger partial charge in [-0.2, -0.15) is 0 Å². The van der Waals surface area contributed by atoms with Crippen LogP contribution in [0.15, 0.2) is 18.2 Å². The molecule has 1 aromatic rings. The number of nitrogens with two attached hydrogens (primary N) is 1. The van der Waals surface area contributed by atoms with Crippen LogP contribution in [0.2, 0.25) is 0 Å². The second kappa shape index (κ2) is 7.41. The molecule has 116 valence electrons. The van der Waals surface area contributed by atoms with Crippen LogP contribution in [0.5, 0.6) is 5.75 Å². The molecule has 1 aliphatic carbocycles. The molecule has 0 atom stereocenters. The molecule has 1 amide bonds. The van der Waals surface area contributed by atoms with Crippen LogP contribution in [0.1, 0.15) is 42.5 Å². The maximum atomic E-state index is 14.1.